The molecule has 2 aromatic rings. The molecule has 0 aliphatic heterocycles. The number of benzene rings is 1. The molecule has 0 saturated carbocycles. The minimum Gasteiger partial charge on any atom is -0.301 e. The third-order valence-corrected chi connectivity index (χ3v) is 2.91. The van der Waals surface area contributed by atoms with Gasteiger partial charge in [-0.2, -0.15) is 5.10 Å². The summed E-state index contributed by atoms with van der Waals surface area (Å²) in [6.45, 7) is 0. The second-order valence-corrected chi connectivity index (χ2v) is 4.54. The van der Waals surface area contributed by atoms with Crippen molar-refractivity contribution in [3.8, 4) is 0 Å². The second-order valence-electron chi connectivity index (χ2n) is 3.75. The maximum Gasteiger partial charge on any atom is 0.290 e. The van der Waals surface area contributed by atoms with Gasteiger partial charge in [0, 0.05) is 6.07 Å². The number of hydrogen-bond donors (Lipinski definition) is 2. The fourth-order valence-corrected chi connectivity index (χ4v) is 1.80. The first-order chi connectivity index (χ1) is 9.69. The molecule has 0 bridgehead atoms. The van der Waals surface area contributed by atoms with Gasteiger partial charge in [-0.25, -0.2) is 10.4 Å². The lowest BCUT2D eigenvalue weighted by molar-refractivity contribution is 0.0949. The number of carbonyl (C=O) groups is 1. The van der Waals surface area contributed by atoms with Gasteiger partial charge in [-0.15, -0.1) is 0 Å². The number of amides is 1. The van der Waals surface area contributed by atoms with E-state index in [4.69, 9.17) is 0 Å². The van der Waals surface area contributed by atoms with Crippen LogP contribution in [0.15, 0.2) is 51.5 Å². The van der Waals surface area contributed by atoms with Crippen LogP contribution in [0.4, 0.5) is 0 Å². The number of nitrogens with zero attached hydrogens (tertiary/aromatic N) is 2. The van der Waals surface area contributed by atoms with Gasteiger partial charge >= 0.3 is 0 Å². The number of carbonyl (C=O) groups excluding carboxylic acids is 1. The maximum absolute atomic E-state index is 11.8. The normalized spacial score (nSPS) is 10.7. The molecule has 0 fully saturated rings. The minimum atomic E-state index is -0.529. The molecule has 1 amide bonds. The second kappa shape index (κ2) is 6.67. The smallest absolute Gasteiger partial charge is 0.290 e. The Morgan fingerprint density at radius 3 is 2.85 bits per heavy atom. The monoisotopic (exact) mass is 288 g/mol. The maximum atomic E-state index is 11.8. The summed E-state index contributed by atoms with van der Waals surface area (Å²) in [5.41, 5.74) is 2.85. The highest BCUT2D eigenvalue weighted by Gasteiger charge is 2.08. The van der Waals surface area contributed by atoms with Gasteiger partial charge in [-0.3, -0.25) is 9.59 Å². The number of hydrogen-bond acceptors (Lipinski definition) is 5. The number of nitrogens with one attached hydrogen (secondary N) is 2. The third kappa shape index (κ3) is 3.79. The Balaban J connectivity index is 2.07. The SMILES string of the molecule is CSc1nc(C(=O)N/N=C\c2ccccc2)cc(=O)[nH]1. The first-order valence-electron chi connectivity index (χ1n) is 5.73. The zero-order valence-corrected chi connectivity index (χ0v) is 11.5. The summed E-state index contributed by atoms with van der Waals surface area (Å²) in [5, 5.41) is 4.20. The van der Waals surface area contributed by atoms with Crippen molar-refractivity contribution in [3.63, 3.8) is 0 Å². The molecule has 1 heterocycles. The molecule has 2 N–H and O–H groups in total. The number of hydrazone groups is 1. The standard InChI is InChI=1S/C13H12N4O2S/c1-20-13-15-10(7-11(18)16-13)12(19)17-14-8-9-5-3-2-4-6-9/h2-8H,1H3,(H,17,19)(H,15,16,18)/b14-8-. The average Bonchev–Trinajstić information content (AvgIpc) is 2.47. The van der Waals surface area contributed by atoms with E-state index in [9.17, 15) is 9.59 Å². The van der Waals surface area contributed by atoms with Crippen molar-refractivity contribution in [1.82, 2.24) is 15.4 Å². The number of thioether (sulfide) groups is 1. The molecule has 102 valence electrons. The molecular formula is C13H12N4O2S. The summed E-state index contributed by atoms with van der Waals surface area (Å²) in [5.74, 6) is -0.529. The number of H-pyrrole nitrogens is 1. The van der Waals surface area contributed by atoms with E-state index >= 15 is 0 Å². The highest BCUT2D eigenvalue weighted by Crippen LogP contribution is 2.05. The Bertz CT molecular complexity index is 682. The van der Waals surface area contributed by atoms with Gasteiger partial charge in [0.05, 0.1) is 6.21 Å². The van der Waals surface area contributed by atoms with Crippen molar-refractivity contribution in [2.24, 2.45) is 5.10 Å². The van der Waals surface area contributed by atoms with Gasteiger partial charge in [0.15, 0.2) is 5.16 Å². The van der Waals surface area contributed by atoms with E-state index in [1.54, 1.807) is 6.26 Å². The molecule has 2 rings (SSSR count). The molecule has 0 atom stereocenters. The van der Waals surface area contributed by atoms with Crippen LogP contribution in [0.1, 0.15) is 16.1 Å². The van der Waals surface area contributed by atoms with Gasteiger partial charge in [0.2, 0.25) is 0 Å². The fraction of sp³-hybridized carbons (Fsp3) is 0.0769. The van der Waals surface area contributed by atoms with Crippen LogP contribution in [0.3, 0.4) is 0 Å². The van der Waals surface area contributed by atoms with E-state index in [1.165, 1.54) is 18.0 Å². The largest absolute Gasteiger partial charge is 0.301 e. The first kappa shape index (κ1) is 14.0. The molecule has 7 heteroatoms. The minimum absolute atomic E-state index is 0.0308. The molecule has 20 heavy (non-hydrogen) atoms. The van der Waals surface area contributed by atoms with Gasteiger partial charge in [-0.1, -0.05) is 42.1 Å². The number of rotatable bonds is 4. The van der Waals surface area contributed by atoms with Crippen molar-refractivity contribution in [2.45, 2.75) is 5.16 Å². The van der Waals surface area contributed by atoms with Crippen LogP contribution in [-0.2, 0) is 0 Å². The van der Waals surface area contributed by atoms with E-state index in [2.05, 4.69) is 20.5 Å². The van der Waals surface area contributed by atoms with Crippen LogP contribution in [0.2, 0.25) is 0 Å². The van der Waals surface area contributed by atoms with Crippen LogP contribution in [0.25, 0.3) is 0 Å². The van der Waals surface area contributed by atoms with Gasteiger partial charge in [-0.05, 0) is 11.8 Å². The predicted molar refractivity (Wildman–Crippen MR) is 78.1 cm³/mol. The summed E-state index contributed by atoms with van der Waals surface area (Å²) in [6.07, 6.45) is 3.27. The van der Waals surface area contributed by atoms with Crippen LogP contribution >= 0.6 is 11.8 Å². The molecule has 0 aliphatic rings. The molecule has 0 radical (unpaired) electrons. The van der Waals surface area contributed by atoms with Crippen molar-refractivity contribution in [3.05, 3.63) is 58.0 Å². The van der Waals surface area contributed by atoms with Crippen molar-refractivity contribution in [1.29, 1.82) is 0 Å². The van der Waals surface area contributed by atoms with E-state index < -0.39 is 5.91 Å². The van der Waals surface area contributed by atoms with Crippen molar-refractivity contribution < 1.29 is 4.79 Å². The lowest BCUT2D eigenvalue weighted by atomic mass is 10.2. The highest BCUT2D eigenvalue weighted by molar-refractivity contribution is 7.98. The van der Waals surface area contributed by atoms with Gasteiger partial charge in [0.1, 0.15) is 5.69 Å². The van der Waals surface area contributed by atoms with Crippen LogP contribution in [0.5, 0.6) is 0 Å². The van der Waals surface area contributed by atoms with Gasteiger partial charge < -0.3 is 4.98 Å². The Morgan fingerprint density at radius 1 is 1.40 bits per heavy atom. The van der Waals surface area contributed by atoms with E-state index in [-0.39, 0.29) is 11.3 Å². The van der Waals surface area contributed by atoms with Crippen LogP contribution < -0.4 is 11.0 Å². The highest BCUT2D eigenvalue weighted by atomic mass is 32.2. The molecule has 0 saturated heterocycles. The predicted octanol–water partition coefficient (Wildman–Crippen LogP) is 1.26. The van der Waals surface area contributed by atoms with Crippen LogP contribution in [-0.4, -0.2) is 28.3 Å². The Kier molecular flexibility index (Phi) is 4.67. The Labute approximate surface area is 119 Å². The van der Waals surface area contributed by atoms with E-state index in [1.807, 2.05) is 30.3 Å². The average molecular weight is 288 g/mol. The fourth-order valence-electron chi connectivity index (χ4n) is 1.41. The molecule has 0 spiro atoms. The third-order valence-electron chi connectivity index (χ3n) is 2.33. The van der Waals surface area contributed by atoms with Crippen molar-refractivity contribution >= 4 is 23.9 Å². The summed E-state index contributed by atoms with van der Waals surface area (Å²) in [6, 6.07) is 10.5. The molecular weight excluding hydrogens is 276 g/mol. The number of aromatic nitrogens is 2. The summed E-state index contributed by atoms with van der Waals surface area (Å²) >= 11 is 1.25. The Morgan fingerprint density at radius 2 is 2.15 bits per heavy atom. The summed E-state index contributed by atoms with van der Waals surface area (Å²) in [7, 11) is 0. The van der Waals surface area contributed by atoms with E-state index in [0.29, 0.717) is 5.16 Å². The summed E-state index contributed by atoms with van der Waals surface area (Å²) in [4.78, 5) is 29.7. The van der Waals surface area contributed by atoms with Crippen molar-refractivity contribution in [2.75, 3.05) is 6.26 Å². The first-order valence-corrected chi connectivity index (χ1v) is 6.95. The topological polar surface area (TPSA) is 87.2 Å². The molecule has 0 unspecified atom stereocenters. The number of aromatic amines is 1. The lowest BCUT2D eigenvalue weighted by Crippen LogP contribution is -2.22. The van der Waals surface area contributed by atoms with Gasteiger partial charge in [0.25, 0.3) is 11.5 Å². The lowest BCUT2D eigenvalue weighted by Gasteiger charge is -2.00. The van der Waals surface area contributed by atoms with Crippen LogP contribution in [0, 0.1) is 0 Å². The molecule has 0 aliphatic carbocycles. The zero-order valence-electron chi connectivity index (χ0n) is 10.7. The summed E-state index contributed by atoms with van der Waals surface area (Å²) < 4.78 is 0. The van der Waals surface area contributed by atoms with E-state index in [0.717, 1.165) is 11.6 Å². The Hall–Kier alpha value is -2.41. The quantitative estimate of drug-likeness (QED) is 0.384. The molecule has 6 nitrogen and oxygen atoms in total. The molecule has 1 aromatic heterocycles. The molecule has 1 aromatic carbocycles. The zero-order chi connectivity index (χ0) is 14.4.